The van der Waals surface area contributed by atoms with Gasteiger partial charge < -0.3 is 19.7 Å². The summed E-state index contributed by atoms with van der Waals surface area (Å²) in [4.78, 5) is 14.8. The maximum Gasteiger partial charge on any atom is 0.318 e. The van der Waals surface area contributed by atoms with Gasteiger partial charge in [0.15, 0.2) is 11.5 Å². The maximum atomic E-state index is 12.7. The quantitative estimate of drug-likeness (QED) is 0.901. The van der Waals surface area contributed by atoms with Crippen molar-refractivity contribution in [1.82, 2.24) is 10.2 Å². The lowest BCUT2D eigenvalue weighted by molar-refractivity contribution is 0.166. The average molecular weight is 330 g/mol. The third kappa shape index (κ3) is 3.45. The summed E-state index contributed by atoms with van der Waals surface area (Å²) in [5.41, 5.74) is 1.04. The number of carbonyl (C=O) groups excluding carboxylic acids is 1. The van der Waals surface area contributed by atoms with Crippen LogP contribution in [0.1, 0.15) is 44.6 Å². The largest absolute Gasteiger partial charge is 0.490 e. The SMILES string of the molecule is CC(C1CC1)N(C(=O)NCc1ccc2c(c1)OCCCO2)C1CC1. The zero-order valence-corrected chi connectivity index (χ0v) is 14.3. The molecule has 0 saturated heterocycles. The van der Waals surface area contributed by atoms with Crippen molar-refractivity contribution in [2.75, 3.05) is 13.2 Å². The number of nitrogens with zero attached hydrogens (tertiary/aromatic N) is 1. The molecule has 5 heteroatoms. The Labute approximate surface area is 143 Å². The summed E-state index contributed by atoms with van der Waals surface area (Å²) in [6.45, 7) is 4.09. The molecule has 130 valence electrons. The van der Waals surface area contributed by atoms with E-state index in [1.54, 1.807) is 0 Å². The first-order valence-corrected chi connectivity index (χ1v) is 9.17. The summed E-state index contributed by atoms with van der Waals surface area (Å²) in [6.07, 6.45) is 5.72. The average Bonchev–Trinajstić information content (AvgIpc) is 3.46. The zero-order valence-electron chi connectivity index (χ0n) is 14.3. The first kappa shape index (κ1) is 15.6. The number of nitrogens with one attached hydrogen (secondary N) is 1. The van der Waals surface area contributed by atoms with Crippen LogP contribution in [0.2, 0.25) is 0 Å². The van der Waals surface area contributed by atoms with E-state index in [9.17, 15) is 4.79 Å². The summed E-state index contributed by atoms with van der Waals surface area (Å²) in [5.74, 6) is 2.28. The van der Waals surface area contributed by atoms with Gasteiger partial charge in [-0.3, -0.25) is 0 Å². The van der Waals surface area contributed by atoms with Crippen molar-refractivity contribution >= 4 is 6.03 Å². The molecule has 0 aromatic heterocycles. The maximum absolute atomic E-state index is 12.7. The fraction of sp³-hybridized carbons (Fsp3) is 0.632. The monoisotopic (exact) mass is 330 g/mol. The van der Waals surface area contributed by atoms with E-state index in [1.807, 2.05) is 18.2 Å². The van der Waals surface area contributed by atoms with Gasteiger partial charge in [-0.1, -0.05) is 6.07 Å². The third-order valence-corrected chi connectivity index (χ3v) is 5.17. The molecular weight excluding hydrogens is 304 g/mol. The minimum absolute atomic E-state index is 0.0732. The molecule has 3 aliphatic rings. The molecule has 0 bridgehead atoms. The number of benzene rings is 1. The van der Waals surface area contributed by atoms with Gasteiger partial charge in [0.05, 0.1) is 13.2 Å². The highest BCUT2D eigenvalue weighted by Crippen LogP contribution is 2.39. The summed E-state index contributed by atoms with van der Waals surface area (Å²) >= 11 is 0. The van der Waals surface area contributed by atoms with Gasteiger partial charge in [0, 0.05) is 25.0 Å². The van der Waals surface area contributed by atoms with E-state index in [0.29, 0.717) is 37.8 Å². The highest BCUT2D eigenvalue weighted by Gasteiger charge is 2.41. The lowest BCUT2D eigenvalue weighted by atomic mass is 10.2. The zero-order chi connectivity index (χ0) is 16.5. The van der Waals surface area contributed by atoms with Gasteiger partial charge in [0.1, 0.15) is 0 Å². The Morgan fingerprint density at radius 3 is 2.67 bits per heavy atom. The number of carbonyl (C=O) groups is 1. The third-order valence-electron chi connectivity index (χ3n) is 5.17. The predicted molar refractivity (Wildman–Crippen MR) is 91.3 cm³/mol. The van der Waals surface area contributed by atoms with Crippen molar-refractivity contribution in [1.29, 1.82) is 0 Å². The molecule has 5 nitrogen and oxygen atoms in total. The highest BCUT2D eigenvalue weighted by atomic mass is 16.5. The Morgan fingerprint density at radius 2 is 1.96 bits per heavy atom. The molecule has 2 amide bonds. The van der Waals surface area contributed by atoms with E-state index in [-0.39, 0.29) is 6.03 Å². The fourth-order valence-corrected chi connectivity index (χ4v) is 3.43. The molecule has 1 heterocycles. The molecule has 2 fully saturated rings. The normalized spacial score (nSPS) is 20.9. The second-order valence-corrected chi connectivity index (χ2v) is 7.21. The second kappa shape index (κ2) is 6.54. The van der Waals surface area contributed by atoms with E-state index in [1.165, 1.54) is 12.8 Å². The number of fused-ring (bicyclic) bond motifs is 1. The van der Waals surface area contributed by atoms with Gasteiger partial charge in [-0.25, -0.2) is 4.79 Å². The van der Waals surface area contributed by atoms with Crippen molar-refractivity contribution in [3.8, 4) is 11.5 Å². The first-order valence-electron chi connectivity index (χ1n) is 9.17. The van der Waals surface area contributed by atoms with Crippen LogP contribution in [0.15, 0.2) is 18.2 Å². The van der Waals surface area contributed by atoms with Crippen molar-refractivity contribution in [2.24, 2.45) is 5.92 Å². The van der Waals surface area contributed by atoms with Crippen molar-refractivity contribution in [3.05, 3.63) is 23.8 Å². The van der Waals surface area contributed by atoms with Gasteiger partial charge in [-0.2, -0.15) is 0 Å². The molecule has 4 rings (SSSR count). The van der Waals surface area contributed by atoms with Crippen molar-refractivity contribution in [2.45, 2.75) is 57.7 Å². The predicted octanol–water partition coefficient (Wildman–Crippen LogP) is 3.32. The van der Waals surface area contributed by atoms with E-state index in [2.05, 4.69) is 17.1 Å². The fourth-order valence-electron chi connectivity index (χ4n) is 3.43. The Balaban J connectivity index is 1.38. The minimum Gasteiger partial charge on any atom is -0.490 e. The van der Waals surface area contributed by atoms with Gasteiger partial charge in [-0.15, -0.1) is 0 Å². The van der Waals surface area contributed by atoms with E-state index >= 15 is 0 Å². The van der Waals surface area contributed by atoms with Crippen LogP contribution in [-0.2, 0) is 6.54 Å². The van der Waals surface area contributed by atoms with Gasteiger partial charge in [-0.05, 0) is 56.2 Å². The molecule has 24 heavy (non-hydrogen) atoms. The molecule has 1 unspecified atom stereocenters. The topological polar surface area (TPSA) is 50.8 Å². The molecule has 0 radical (unpaired) electrons. The number of hydrogen-bond acceptors (Lipinski definition) is 3. The van der Waals surface area contributed by atoms with Crippen LogP contribution in [0.4, 0.5) is 4.79 Å². The number of amides is 2. The number of rotatable bonds is 5. The van der Waals surface area contributed by atoms with Crippen LogP contribution in [-0.4, -0.2) is 36.2 Å². The van der Waals surface area contributed by atoms with Crippen LogP contribution < -0.4 is 14.8 Å². The minimum atomic E-state index is 0.0732. The van der Waals surface area contributed by atoms with Crippen LogP contribution in [0.25, 0.3) is 0 Å². The first-order chi connectivity index (χ1) is 11.7. The molecule has 0 spiro atoms. The van der Waals surface area contributed by atoms with Crippen LogP contribution in [0.3, 0.4) is 0 Å². The molecule has 1 aromatic carbocycles. The molecule has 1 N–H and O–H groups in total. The van der Waals surface area contributed by atoms with Gasteiger partial charge in [0.25, 0.3) is 0 Å². The van der Waals surface area contributed by atoms with Gasteiger partial charge >= 0.3 is 6.03 Å². The lowest BCUT2D eigenvalue weighted by Gasteiger charge is -2.29. The molecule has 2 saturated carbocycles. The molecule has 1 aliphatic heterocycles. The Morgan fingerprint density at radius 1 is 1.21 bits per heavy atom. The molecule has 1 aromatic rings. The highest BCUT2D eigenvalue weighted by molar-refractivity contribution is 5.75. The summed E-state index contributed by atoms with van der Waals surface area (Å²) in [6, 6.07) is 6.80. The lowest BCUT2D eigenvalue weighted by Crippen LogP contribution is -2.47. The summed E-state index contributed by atoms with van der Waals surface area (Å²) < 4.78 is 11.4. The Kier molecular flexibility index (Phi) is 4.25. The van der Waals surface area contributed by atoms with Crippen LogP contribution in [0, 0.1) is 5.92 Å². The standard InChI is InChI=1S/C19H26N2O3/c1-13(15-4-5-15)21(16-6-7-16)19(22)20-12-14-3-8-17-18(11-14)24-10-2-9-23-17/h3,8,11,13,15-16H,2,4-7,9-10,12H2,1H3,(H,20,22). The second-order valence-electron chi connectivity index (χ2n) is 7.21. The van der Waals surface area contributed by atoms with E-state index < -0.39 is 0 Å². The van der Waals surface area contributed by atoms with Crippen molar-refractivity contribution < 1.29 is 14.3 Å². The smallest absolute Gasteiger partial charge is 0.318 e. The van der Waals surface area contributed by atoms with E-state index in [4.69, 9.17) is 9.47 Å². The summed E-state index contributed by atoms with van der Waals surface area (Å²) in [7, 11) is 0. The van der Waals surface area contributed by atoms with Crippen LogP contribution >= 0.6 is 0 Å². The summed E-state index contributed by atoms with van der Waals surface area (Å²) in [5, 5.41) is 3.10. The van der Waals surface area contributed by atoms with Crippen LogP contribution in [0.5, 0.6) is 11.5 Å². The Hall–Kier alpha value is -1.91. The van der Waals surface area contributed by atoms with Gasteiger partial charge in [0.2, 0.25) is 0 Å². The molecule has 1 atom stereocenters. The van der Waals surface area contributed by atoms with Crippen molar-refractivity contribution in [3.63, 3.8) is 0 Å². The van der Waals surface area contributed by atoms with E-state index in [0.717, 1.165) is 36.3 Å². The molecular formula is C19H26N2O3. The number of ether oxygens (including phenoxy) is 2. The Bertz CT molecular complexity index is 611. The number of urea groups is 1. The number of hydrogen-bond donors (Lipinski definition) is 1. The molecule has 2 aliphatic carbocycles.